The Hall–Kier alpha value is -1.55. The topological polar surface area (TPSA) is 58.4 Å². The number of carbonyl (C=O) groups excluding carboxylic acids is 1. The number of nitrogens with zero attached hydrogens (tertiary/aromatic N) is 1. The average Bonchev–Trinajstić information content (AvgIpc) is 3.22. The molecule has 110 valence electrons. The van der Waals surface area contributed by atoms with Crippen molar-refractivity contribution >= 4 is 11.6 Å². The molecule has 3 N–H and O–H groups in total. The highest BCUT2D eigenvalue weighted by atomic mass is 16.2. The number of rotatable bonds is 7. The van der Waals surface area contributed by atoms with Crippen LogP contribution in [0.2, 0.25) is 0 Å². The Morgan fingerprint density at radius 1 is 1.35 bits per heavy atom. The summed E-state index contributed by atoms with van der Waals surface area (Å²) in [6.45, 7) is 6.30. The van der Waals surface area contributed by atoms with Gasteiger partial charge in [0.05, 0.1) is 6.54 Å². The molecule has 0 atom stereocenters. The van der Waals surface area contributed by atoms with Gasteiger partial charge in [0, 0.05) is 24.8 Å². The molecule has 1 aromatic rings. The van der Waals surface area contributed by atoms with E-state index in [1.165, 1.54) is 18.4 Å². The van der Waals surface area contributed by atoms with Crippen LogP contribution in [0.25, 0.3) is 0 Å². The van der Waals surface area contributed by atoms with E-state index in [1.807, 2.05) is 24.3 Å². The van der Waals surface area contributed by atoms with Crippen LogP contribution in [-0.2, 0) is 11.3 Å². The Labute approximate surface area is 121 Å². The van der Waals surface area contributed by atoms with E-state index in [0.29, 0.717) is 12.6 Å². The van der Waals surface area contributed by atoms with Crippen LogP contribution in [0.15, 0.2) is 24.3 Å². The summed E-state index contributed by atoms with van der Waals surface area (Å²) in [5.74, 6) is 0.851. The second kappa shape index (κ2) is 6.75. The van der Waals surface area contributed by atoms with Crippen molar-refractivity contribution in [3.05, 3.63) is 29.8 Å². The highest BCUT2D eigenvalue weighted by Gasteiger charge is 2.22. The fourth-order valence-corrected chi connectivity index (χ4v) is 2.10. The largest absolute Gasteiger partial charge is 0.399 e. The molecule has 0 bridgehead atoms. The molecule has 0 radical (unpaired) electrons. The van der Waals surface area contributed by atoms with Gasteiger partial charge in [-0.3, -0.25) is 9.69 Å². The fraction of sp³-hybridized carbons (Fsp3) is 0.562. The van der Waals surface area contributed by atoms with Gasteiger partial charge in [0.1, 0.15) is 0 Å². The van der Waals surface area contributed by atoms with Crippen molar-refractivity contribution in [2.45, 2.75) is 39.3 Å². The lowest BCUT2D eigenvalue weighted by Gasteiger charge is -2.26. The van der Waals surface area contributed by atoms with Gasteiger partial charge in [-0.25, -0.2) is 0 Å². The zero-order valence-electron chi connectivity index (χ0n) is 12.4. The maximum atomic E-state index is 12.0. The van der Waals surface area contributed by atoms with Gasteiger partial charge in [0.2, 0.25) is 5.91 Å². The molecule has 0 aromatic heterocycles. The lowest BCUT2D eigenvalue weighted by Crippen LogP contribution is -2.40. The number of nitrogens with one attached hydrogen (secondary N) is 1. The van der Waals surface area contributed by atoms with E-state index in [9.17, 15) is 4.79 Å². The number of amides is 1. The van der Waals surface area contributed by atoms with Gasteiger partial charge in [0.15, 0.2) is 0 Å². The molecule has 1 aliphatic carbocycles. The molecule has 4 nitrogen and oxygen atoms in total. The maximum Gasteiger partial charge on any atom is 0.234 e. The molecule has 0 heterocycles. The second-order valence-electron chi connectivity index (χ2n) is 5.99. The number of anilines is 1. The first kappa shape index (κ1) is 14.9. The number of benzene rings is 1. The first-order valence-electron chi connectivity index (χ1n) is 7.39. The normalized spacial score (nSPS) is 14.8. The van der Waals surface area contributed by atoms with Gasteiger partial charge in [-0.2, -0.15) is 0 Å². The van der Waals surface area contributed by atoms with Crippen LogP contribution in [-0.4, -0.2) is 29.9 Å². The Balaban J connectivity index is 1.85. The zero-order valence-corrected chi connectivity index (χ0v) is 12.4. The first-order valence-corrected chi connectivity index (χ1v) is 7.39. The molecule has 1 fully saturated rings. The van der Waals surface area contributed by atoms with Gasteiger partial charge in [-0.1, -0.05) is 12.1 Å². The highest BCUT2D eigenvalue weighted by molar-refractivity contribution is 5.78. The number of nitrogens with two attached hydrogens (primary N) is 1. The summed E-state index contributed by atoms with van der Waals surface area (Å²) in [5, 5.41) is 3.02. The van der Waals surface area contributed by atoms with E-state index in [2.05, 4.69) is 24.1 Å². The standard InChI is InChI=1S/C16H25N3O/c1-12(2)19(10-14-5-7-15(17)8-6-14)11-16(20)18-9-13-3-4-13/h5-8,12-13H,3-4,9-11,17H2,1-2H3,(H,18,20). The van der Waals surface area contributed by atoms with E-state index < -0.39 is 0 Å². The van der Waals surface area contributed by atoms with Gasteiger partial charge in [0.25, 0.3) is 0 Å². The lowest BCUT2D eigenvalue weighted by molar-refractivity contribution is -0.122. The van der Waals surface area contributed by atoms with E-state index in [0.717, 1.165) is 24.7 Å². The fourth-order valence-electron chi connectivity index (χ4n) is 2.10. The lowest BCUT2D eigenvalue weighted by atomic mass is 10.1. The van der Waals surface area contributed by atoms with Gasteiger partial charge >= 0.3 is 0 Å². The Morgan fingerprint density at radius 2 is 2.00 bits per heavy atom. The molecule has 1 saturated carbocycles. The van der Waals surface area contributed by atoms with Crippen LogP contribution >= 0.6 is 0 Å². The predicted octanol–water partition coefficient (Wildman–Crippen LogP) is 2.01. The third kappa shape index (κ3) is 4.85. The molecule has 0 aliphatic heterocycles. The summed E-state index contributed by atoms with van der Waals surface area (Å²) in [4.78, 5) is 14.1. The molecule has 0 spiro atoms. The molecule has 0 saturated heterocycles. The number of hydrogen-bond donors (Lipinski definition) is 2. The Morgan fingerprint density at radius 3 is 2.55 bits per heavy atom. The first-order chi connectivity index (χ1) is 9.54. The van der Waals surface area contributed by atoms with Gasteiger partial charge < -0.3 is 11.1 Å². The van der Waals surface area contributed by atoms with E-state index in [1.54, 1.807) is 0 Å². The van der Waals surface area contributed by atoms with Gasteiger partial charge in [-0.15, -0.1) is 0 Å². The molecule has 0 unspecified atom stereocenters. The van der Waals surface area contributed by atoms with Crippen molar-refractivity contribution in [1.29, 1.82) is 0 Å². The zero-order chi connectivity index (χ0) is 14.5. The van der Waals surface area contributed by atoms with Crippen LogP contribution in [0.3, 0.4) is 0 Å². The molecular formula is C16H25N3O. The maximum absolute atomic E-state index is 12.0. The van der Waals surface area contributed by atoms with Gasteiger partial charge in [-0.05, 0) is 50.3 Å². The molecule has 1 aromatic carbocycles. The van der Waals surface area contributed by atoms with Crippen molar-refractivity contribution < 1.29 is 4.79 Å². The summed E-state index contributed by atoms with van der Waals surface area (Å²) >= 11 is 0. The number of nitrogen functional groups attached to an aromatic ring is 1. The van der Waals surface area contributed by atoms with Crippen molar-refractivity contribution in [2.24, 2.45) is 5.92 Å². The van der Waals surface area contributed by atoms with Crippen LogP contribution < -0.4 is 11.1 Å². The van der Waals surface area contributed by atoms with Crippen molar-refractivity contribution in [3.63, 3.8) is 0 Å². The summed E-state index contributed by atoms with van der Waals surface area (Å²) < 4.78 is 0. The quantitative estimate of drug-likeness (QED) is 0.748. The molecular weight excluding hydrogens is 250 g/mol. The minimum atomic E-state index is 0.126. The second-order valence-corrected chi connectivity index (χ2v) is 5.99. The molecule has 4 heteroatoms. The minimum absolute atomic E-state index is 0.126. The van der Waals surface area contributed by atoms with Crippen molar-refractivity contribution in [1.82, 2.24) is 10.2 Å². The third-order valence-corrected chi connectivity index (χ3v) is 3.73. The minimum Gasteiger partial charge on any atom is -0.399 e. The van der Waals surface area contributed by atoms with E-state index in [4.69, 9.17) is 5.73 Å². The van der Waals surface area contributed by atoms with Crippen LogP contribution in [0, 0.1) is 5.92 Å². The molecule has 20 heavy (non-hydrogen) atoms. The highest BCUT2D eigenvalue weighted by Crippen LogP contribution is 2.27. The van der Waals surface area contributed by atoms with E-state index in [-0.39, 0.29) is 5.91 Å². The molecule has 2 rings (SSSR count). The SMILES string of the molecule is CC(C)N(CC(=O)NCC1CC1)Cc1ccc(N)cc1. The summed E-state index contributed by atoms with van der Waals surface area (Å²) in [5.41, 5.74) is 7.65. The van der Waals surface area contributed by atoms with Crippen LogP contribution in [0.1, 0.15) is 32.3 Å². The number of hydrogen-bond acceptors (Lipinski definition) is 3. The smallest absolute Gasteiger partial charge is 0.234 e. The van der Waals surface area contributed by atoms with Crippen molar-refractivity contribution in [2.75, 3.05) is 18.8 Å². The number of carbonyl (C=O) groups is 1. The van der Waals surface area contributed by atoms with Crippen LogP contribution in [0.4, 0.5) is 5.69 Å². The summed E-state index contributed by atoms with van der Waals surface area (Å²) in [7, 11) is 0. The summed E-state index contributed by atoms with van der Waals surface area (Å²) in [6, 6.07) is 8.18. The average molecular weight is 275 g/mol. The monoisotopic (exact) mass is 275 g/mol. The van der Waals surface area contributed by atoms with Crippen LogP contribution in [0.5, 0.6) is 0 Å². The summed E-state index contributed by atoms with van der Waals surface area (Å²) in [6.07, 6.45) is 2.53. The Bertz CT molecular complexity index is 438. The van der Waals surface area contributed by atoms with E-state index >= 15 is 0 Å². The molecule has 1 aliphatic rings. The van der Waals surface area contributed by atoms with Crippen molar-refractivity contribution in [3.8, 4) is 0 Å². The Kier molecular flexibility index (Phi) is 5.01. The predicted molar refractivity (Wildman–Crippen MR) is 82.1 cm³/mol. The third-order valence-electron chi connectivity index (χ3n) is 3.73. The molecule has 1 amide bonds.